The second-order valence-corrected chi connectivity index (χ2v) is 8.86. The van der Waals surface area contributed by atoms with E-state index in [1.165, 1.54) is 14.2 Å². The van der Waals surface area contributed by atoms with Crippen molar-refractivity contribution in [3.05, 3.63) is 59.9 Å². The van der Waals surface area contributed by atoms with Gasteiger partial charge >= 0.3 is 5.97 Å². The molecule has 2 aromatic carbocycles. The highest BCUT2D eigenvalue weighted by atomic mass is 32.2. The highest BCUT2D eigenvalue weighted by molar-refractivity contribution is 7.98. The number of benzene rings is 2. The van der Waals surface area contributed by atoms with Gasteiger partial charge in [0.25, 0.3) is 5.91 Å². The molecule has 2 amide bonds. The second-order valence-electron chi connectivity index (χ2n) is 7.88. The Morgan fingerprint density at radius 1 is 1.14 bits per heavy atom. The van der Waals surface area contributed by atoms with E-state index in [1.54, 1.807) is 30.2 Å². The van der Waals surface area contributed by atoms with Crippen LogP contribution in [0, 0.1) is 0 Å². The van der Waals surface area contributed by atoms with Gasteiger partial charge in [-0.1, -0.05) is 30.3 Å². The number of hydrogen-bond donors (Lipinski definition) is 2. The van der Waals surface area contributed by atoms with E-state index >= 15 is 0 Å². The fourth-order valence-corrected chi connectivity index (χ4v) is 4.18. The first kappa shape index (κ1) is 26.2. The molecule has 1 atom stereocenters. The lowest BCUT2D eigenvalue weighted by molar-refractivity contribution is -0.142. The predicted molar refractivity (Wildman–Crippen MR) is 137 cm³/mol. The molecule has 1 heterocycles. The molecule has 0 unspecified atom stereocenters. The molecular formula is C25H30N4O5S. The van der Waals surface area contributed by atoms with Crippen LogP contribution in [0.1, 0.15) is 22.3 Å². The molecule has 0 aliphatic carbocycles. The summed E-state index contributed by atoms with van der Waals surface area (Å²) < 4.78 is 11.7. The van der Waals surface area contributed by atoms with E-state index in [2.05, 4.69) is 15.6 Å². The van der Waals surface area contributed by atoms with Crippen molar-refractivity contribution in [2.75, 3.05) is 38.2 Å². The third-order valence-corrected chi connectivity index (χ3v) is 6.05. The topological polar surface area (TPSA) is 112 Å². The van der Waals surface area contributed by atoms with Gasteiger partial charge in [0, 0.05) is 19.3 Å². The summed E-state index contributed by atoms with van der Waals surface area (Å²) in [6, 6.07) is 12.5. The van der Waals surface area contributed by atoms with E-state index in [4.69, 9.17) is 9.47 Å². The van der Waals surface area contributed by atoms with Gasteiger partial charge in [-0.2, -0.15) is 11.8 Å². The van der Waals surface area contributed by atoms with Gasteiger partial charge in [-0.3, -0.25) is 9.59 Å². The number of esters is 1. The van der Waals surface area contributed by atoms with Gasteiger partial charge in [0.05, 0.1) is 30.0 Å². The number of carbonyl (C=O) groups excluding carboxylic acids is 3. The molecule has 2 N–H and O–H groups in total. The van der Waals surface area contributed by atoms with Crippen LogP contribution in [0.25, 0.3) is 11.0 Å². The monoisotopic (exact) mass is 498 g/mol. The minimum atomic E-state index is -0.789. The summed E-state index contributed by atoms with van der Waals surface area (Å²) in [4.78, 5) is 42.3. The zero-order chi connectivity index (χ0) is 25.2. The number of aryl methyl sites for hydroxylation is 2. The SMILES string of the molecule is COCC(=O)Nc1cc(C(=O)N[C@H](CCSC)C(=O)OC)c2c(c1)ncn2CCc1ccccc1. The van der Waals surface area contributed by atoms with Crippen molar-refractivity contribution in [3.63, 3.8) is 0 Å². The van der Waals surface area contributed by atoms with E-state index < -0.39 is 17.9 Å². The normalized spacial score (nSPS) is 11.7. The van der Waals surface area contributed by atoms with Crippen molar-refractivity contribution in [2.24, 2.45) is 0 Å². The predicted octanol–water partition coefficient (Wildman–Crippen LogP) is 2.89. The lowest BCUT2D eigenvalue weighted by Crippen LogP contribution is -2.42. The van der Waals surface area contributed by atoms with Crippen molar-refractivity contribution in [2.45, 2.75) is 25.4 Å². The summed E-state index contributed by atoms with van der Waals surface area (Å²) in [5, 5.41) is 5.53. The van der Waals surface area contributed by atoms with Gasteiger partial charge in [-0.05, 0) is 42.5 Å². The van der Waals surface area contributed by atoms with Crippen molar-refractivity contribution in [1.82, 2.24) is 14.9 Å². The van der Waals surface area contributed by atoms with Crippen LogP contribution in [0.3, 0.4) is 0 Å². The van der Waals surface area contributed by atoms with E-state index in [-0.39, 0.29) is 12.5 Å². The van der Waals surface area contributed by atoms with Crippen LogP contribution in [0.5, 0.6) is 0 Å². The number of methoxy groups -OCH3 is 2. The second kappa shape index (κ2) is 12.9. The molecule has 0 fully saturated rings. The number of fused-ring (bicyclic) bond motifs is 1. The first-order valence-corrected chi connectivity index (χ1v) is 12.6. The number of imidazole rings is 1. The number of aromatic nitrogens is 2. The number of carbonyl (C=O) groups is 3. The lowest BCUT2D eigenvalue weighted by atomic mass is 10.1. The Bertz CT molecular complexity index is 1170. The molecule has 186 valence electrons. The molecule has 0 aliphatic rings. The van der Waals surface area contributed by atoms with Crippen LogP contribution in [0.2, 0.25) is 0 Å². The number of ether oxygens (including phenoxy) is 2. The van der Waals surface area contributed by atoms with Gasteiger partial charge in [-0.25, -0.2) is 9.78 Å². The largest absolute Gasteiger partial charge is 0.467 e. The average molecular weight is 499 g/mol. The Labute approximate surface area is 208 Å². The molecule has 9 nitrogen and oxygen atoms in total. The Kier molecular flexibility index (Phi) is 9.68. The van der Waals surface area contributed by atoms with Crippen LogP contribution in [0.15, 0.2) is 48.8 Å². The molecule has 0 bridgehead atoms. The highest BCUT2D eigenvalue weighted by Gasteiger charge is 2.24. The molecule has 0 aliphatic heterocycles. The van der Waals surface area contributed by atoms with Gasteiger partial charge in [0.15, 0.2) is 0 Å². The highest BCUT2D eigenvalue weighted by Crippen LogP contribution is 2.25. The number of amides is 2. The maximum Gasteiger partial charge on any atom is 0.328 e. The number of nitrogens with zero attached hydrogens (tertiary/aromatic N) is 2. The number of hydrogen-bond acceptors (Lipinski definition) is 7. The van der Waals surface area contributed by atoms with Crippen molar-refractivity contribution in [1.29, 1.82) is 0 Å². The van der Waals surface area contributed by atoms with Crippen molar-refractivity contribution in [3.8, 4) is 0 Å². The number of nitrogens with one attached hydrogen (secondary N) is 2. The molecule has 0 radical (unpaired) electrons. The zero-order valence-electron chi connectivity index (χ0n) is 20.1. The van der Waals surface area contributed by atoms with E-state index in [0.717, 1.165) is 12.0 Å². The molecule has 10 heteroatoms. The Morgan fingerprint density at radius 3 is 2.60 bits per heavy atom. The number of rotatable bonds is 12. The van der Waals surface area contributed by atoms with E-state index in [1.807, 2.05) is 41.2 Å². The van der Waals surface area contributed by atoms with Crippen LogP contribution in [0.4, 0.5) is 5.69 Å². The van der Waals surface area contributed by atoms with Crippen molar-refractivity contribution < 1.29 is 23.9 Å². The Balaban J connectivity index is 1.96. The van der Waals surface area contributed by atoms with Crippen LogP contribution in [-0.2, 0) is 32.0 Å². The smallest absolute Gasteiger partial charge is 0.328 e. The average Bonchev–Trinajstić information content (AvgIpc) is 3.27. The first-order valence-electron chi connectivity index (χ1n) is 11.2. The lowest BCUT2D eigenvalue weighted by Gasteiger charge is -2.17. The standard InChI is InChI=1S/C25H30N4O5S/c1-33-15-22(30)27-18-13-19(24(31)28-20(10-12-35-3)25(32)34-2)23-21(14-18)26-16-29(23)11-9-17-7-5-4-6-8-17/h4-8,13-14,16,20H,9-12,15H2,1-3H3,(H,27,30)(H,28,31)/t20-/m1/s1. The van der Waals surface area contributed by atoms with E-state index in [9.17, 15) is 14.4 Å². The summed E-state index contributed by atoms with van der Waals surface area (Å²) in [5.41, 5.74) is 3.05. The van der Waals surface area contributed by atoms with Gasteiger partial charge in [0.1, 0.15) is 12.6 Å². The fraction of sp³-hybridized carbons (Fsp3) is 0.360. The summed E-state index contributed by atoms with van der Waals surface area (Å²) >= 11 is 1.57. The Morgan fingerprint density at radius 2 is 1.91 bits per heavy atom. The minimum absolute atomic E-state index is 0.121. The van der Waals surface area contributed by atoms with Crippen LogP contribution < -0.4 is 10.6 Å². The van der Waals surface area contributed by atoms with E-state index in [0.29, 0.717) is 41.0 Å². The molecule has 35 heavy (non-hydrogen) atoms. The number of thioether (sulfide) groups is 1. The maximum absolute atomic E-state index is 13.4. The zero-order valence-corrected chi connectivity index (χ0v) is 20.9. The fourth-order valence-electron chi connectivity index (χ4n) is 3.71. The molecule has 0 saturated heterocycles. The summed E-state index contributed by atoms with van der Waals surface area (Å²) in [7, 11) is 2.72. The quantitative estimate of drug-likeness (QED) is 0.369. The number of anilines is 1. The summed E-state index contributed by atoms with van der Waals surface area (Å²) in [5.74, 6) is -0.631. The Hall–Kier alpha value is -3.37. The van der Waals surface area contributed by atoms with Gasteiger partial charge in [0.2, 0.25) is 5.91 Å². The first-order chi connectivity index (χ1) is 17.0. The van der Waals surface area contributed by atoms with Crippen LogP contribution >= 0.6 is 11.8 Å². The third kappa shape index (κ3) is 7.06. The maximum atomic E-state index is 13.4. The van der Waals surface area contributed by atoms with Gasteiger partial charge < -0.3 is 24.7 Å². The van der Waals surface area contributed by atoms with Crippen molar-refractivity contribution >= 4 is 46.3 Å². The third-order valence-electron chi connectivity index (χ3n) is 5.40. The van der Waals surface area contributed by atoms with Crippen LogP contribution in [-0.4, -0.2) is 66.2 Å². The molecular weight excluding hydrogens is 468 g/mol. The molecule has 3 rings (SSSR count). The molecule has 0 spiro atoms. The summed E-state index contributed by atoms with van der Waals surface area (Å²) in [6.07, 6.45) is 4.78. The molecule has 1 aromatic heterocycles. The van der Waals surface area contributed by atoms with Gasteiger partial charge in [-0.15, -0.1) is 0 Å². The molecule has 0 saturated carbocycles. The molecule has 3 aromatic rings. The minimum Gasteiger partial charge on any atom is -0.467 e. The summed E-state index contributed by atoms with van der Waals surface area (Å²) in [6.45, 7) is 0.479.